The molecule has 2 rings (SSSR count). The Morgan fingerprint density at radius 1 is 1.28 bits per heavy atom. The van der Waals surface area contributed by atoms with E-state index in [1.54, 1.807) is 6.08 Å². The molecule has 106 valence electrons. The monoisotopic (exact) mass is 255 g/mol. The number of fused-ring (bicyclic) bond motifs is 1. The zero-order chi connectivity index (χ0) is 14.3. The van der Waals surface area contributed by atoms with Gasteiger partial charge in [0, 0.05) is 13.1 Å². The SMILES string of the molecule is C=CC.CC.CC(C)(C)OC(=O)N1C[C@H]2C[C@H]2C1. The van der Waals surface area contributed by atoms with Crippen LogP contribution in [-0.2, 0) is 4.74 Å². The molecule has 0 spiro atoms. The first-order chi connectivity index (χ1) is 8.37. The highest BCUT2D eigenvalue weighted by Crippen LogP contribution is 2.45. The number of rotatable bonds is 0. The van der Waals surface area contributed by atoms with E-state index in [0.29, 0.717) is 0 Å². The number of carbonyl (C=O) groups excluding carboxylic acids is 1. The van der Waals surface area contributed by atoms with Gasteiger partial charge in [0.2, 0.25) is 0 Å². The molecule has 1 amide bonds. The van der Waals surface area contributed by atoms with Crippen LogP contribution < -0.4 is 0 Å². The maximum Gasteiger partial charge on any atom is 0.410 e. The van der Waals surface area contributed by atoms with Crippen LogP contribution in [0.3, 0.4) is 0 Å². The minimum atomic E-state index is -0.357. The maximum absolute atomic E-state index is 11.5. The predicted molar refractivity (Wildman–Crippen MR) is 76.6 cm³/mol. The van der Waals surface area contributed by atoms with Gasteiger partial charge in [0.25, 0.3) is 0 Å². The molecule has 2 fully saturated rings. The third kappa shape index (κ3) is 6.08. The smallest absolute Gasteiger partial charge is 0.410 e. The number of hydrogen-bond acceptors (Lipinski definition) is 2. The highest BCUT2D eigenvalue weighted by Gasteiger charge is 2.47. The number of nitrogens with zero attached hydrogens (tertiary/aromatic N) is 1. The van der Waals surface area contributed by atoms with Crippen LogP contribution in [0.15, 0.2) is 12.7 Å². The largest absolute Gasteiger partial charge is 0.444 e. The Morgan fingerprint density at radius 3 is 2.00 bits per heavy atom. The van der Waals surface area contributed by atoms with E-state index in [0.717, 1.165) is 24.9 Å². The molecular formula is C15H29NO2. The van der Waals surface area contributed by atoms with Crippen molar-refractivity contribution >= 4 is 6.09 Å². The fourth-order valence-electron chi connectivity index (χ4n) is 1.87. The van der Waals surface area contributed by atoms with Crippen LogP contribution in [0, 0.1) is 11.8 Å². The molecule has 3 nitrogen and oxygen atoms in total. The van der Waals surface area contributed by atoms with Crippen molar-refractivity contribution in [1.29, 1.82) is 0 Å². The number of carbonyl (C=O) groups is 1. The summed E-state index contributed by atoms with van der Waals surface area (Å²) in [6, 6.07) is 0. The molecule has 0 aromatic carbocycles. The highest BCUT2D eigenvalue weighted by atomic mass is 16.6. The van der Waals surface area contributed by atoms with Crippen LogP contribution in [0.2, 0.25) is 0 Å². The summed E-state index contributed by atoms with van der Waals surface area (Å²) >= 11 is 0. The van der Waals surface area contributed by atoms with Gasteiger partial charge in [-0.2, -0.15) is 0 Å². The number of ether oxygens (including phenoxy) is 1. The number of likely N-dealkylation sites (tertiary alicyclic amines) is 1. The van der Waals surface area contributed by atoms with E-state index in [1.807, 2.05) is 46.4 Å². The Kier molecular flexibility index (Phi) is 7.04. The van der Waals surface area contributed by atoms with Gasteiger partial charge < -0.3 is 9.64 Å². The Labute approximate surface area is 112 Å². The summed E-state index contributed by atoms with van der Waals surface area (Å²) in [7, 11) is 0. The molecule has 2 aliphatic rings. The molecule has 0 aromatic heterocycles. The third-order valence-electron chi connectivity index (χ3n) is 2.63. The van der Waals surface area contributed by atoms with Gasteiger partial charge in [-0.05, 0) is 46.0 Å². The van der Waals surface area contributed by atoms with Gasteiger partial charge in [-0.25, -0.2) is 4.79 Å². The molecule has 0 aromatic rings. The second-order valence-corrected chi connectivity index (χ2v) is 5.55. The second-order valence-electron chi connectivity index (χ2n) is 5.55. The molecule has 1 aliphatic heterocycles. The van der Waals surface area contributed by atoms with Gasteiger partial charge in [0.05, 0.1) is 0 Å². The first-order valence-electron chi connectivity index (χ1n) is 6.92. The Balaban J connectivity index is 0.000000509. The molecule has 1 aliphatic carbocycles. The lowest BCUT2D eigenvalue weighted by Crippen LogP contribution is -2.36. The van der Waals surface area contributed by atoms with Gasteiger partial charge in [0.1, 0.15) is 5.60 Å². The predicted octanol–water partition coefficient (Wildman–Crippen LogP) is 4.09. The summed E-state index contributed by atoms with van der Waals surface area (Å²) in [5.41, 5.74) is -0.357. The van der Waals surface area contributed by atoms with E-state index in [2.05, 4.69) is 6.58 Å². The lowest BCUT2D eigenvalue weighted by molar-refractivity contribution is 0.0274. The first-order valence-corrected chi connectivity index (χ1v) is 6.92. The van der Waals surface area contributed by atoms with E-state index in [9.17, 15) is 4.79 Å². The van der Waals surface area contributed by atoms with E-state index in [4.69, 9.17) is 4.74 Å². The molecule has 0 N–H and O–H groups in total. The quantitative estimate of drug-likeness (QED) is 0.610. The summed E-state index contributed by atoms with van der Waals surface area (Å²) in [6.07, 6.45) is 2.93. The van der Waals surface area contributed by atoms with Crippen molar-refractivity contribution in [3.63, 3.8) is 0 Å². The third-order valence-corrected chi connectivity index (χ3v) is 2.63. The van der Waals surface area contributed by atoms with Crippen LogP contribution in [0.1, 0.15) is 48.0 Å². The molecule has 18 heavy (non-hydrogen) atoms. The van der Waals surface area contributed by atoms with Crippen molar-refractivity contribution in [3.05, 3.63) is 12.7 Å². The van der Waals surface area contributed by atoms with Crippen LogP contribution in [0.25, 0.3) is 0 Å². The molecule has 3 heteroatoms. The van der Waals surface area contributed by atoms with E-state index in [-0.39, 0.29) is 11.7 Å². The van der Waals surface area contributed by atoms with Crippen molar-refractivity contribution in [2.24, 2.45) is 11.8 Å². The van der Waals surface area contributed by atoms with Crippen molar-refractivity contribution in [1.82, 2.24) is 4.90 Å². The Morgan fingerprint density at radius 2 is 1.67 bits per heavy atom. The first kappa shape index (κ1) is 17.0. The van der Waals surface area contributed by atoms with E-state index >= 15 is 0 Å². The van der Waals surface area contributed by atoms with E-state index < -0.39 is 0 Å². The number of piperidine rings is 1. The van der Waals surface area contributed by atoms with Crippen LogP contribution in [0.4, 0.5) is 4.79 Å². The average molecular weight is 255 g/mol. The second kappa shape index (κ2) is 7.45. The molecule has 0 bridgehead atoms. The van der Waals surface area contributed by atoms with Gasteiger partial charge >= 0.3 is 6.09 Å². The van der Waals surface area contributed by atoms with Crippen LogP contribution in [-0.4, -0.2) is 29.7 Å². The topological polar surface area (TPSA) is 29.5 Å². The van der Waals surface area contributed by atoms with Crippen molar-refractivity contribution in [2.45, 2.75) is 53.6 Å². The van der Waals surface area contributed by atoms with Gasteiger partial charge in [-0.15, -0.1) is 6.58 Å². The van der Waals surface area contributed by atoms with Gasteiger partial charge in [-0.1, -0.05) is 19.9 Å². The molecule has 1 heterocycles. The van der Waals surface area contributed by atoms with Crippen LogP contribution >= 0.6 is 0 Å². The van der Waals surface area contributed by atoms with Crippen molar-refractivity contribution < 1.29 is 9.53 Å². The molecule has 0 unspecified atom stereocenters. The van der Waals surface area contributed by atoms with Gasteiger partial charge in [-0.3, -0.25) is 0 Å². The number of hydrogen-bond donors (Lipinski definition) is 0. The standard InChI is InChI=1S/C10H17NO2.C3H6.C2H6/c1-10(2,3)13-9(12)11-5-7-4-8(7)6-11;1-3-2;1-2/h7-8H,4-6H2,1-3H3;3H,1H2,2H3;1-2H3/t7-,8+;;. The molecule has 2 atom stereocenters. The minimum Gasteiger partial charge on any atom is -0.444 e. The number of amides is 1. The lowest BCUT2D eigenvalue weighted by Gasteiger charge is -2.25. The maximum atomic E-state index is 11.5. The number of allylic oxidation sites excluding steroid dienone is 1. The van der Waals surface area contributed by atoms with E-state index in [1.165, 1.54) is 6.42 Å². The summed E-state index contributed by atoms with van der Waals surface area (Å²) in [5.74, 6) is 1.57. The Bertz CT molecular complexity index is 258. The summed E-state index contributed by atoms with van der Waals surface area (Å²) in [5, 5.41) is 0. The summed E-state index contributed by atoms with van der Waals surface area (Å²) < 4.78 is 5.28. The molecule has 1 saturated carbocycles. The zero-order valence-corrected chi connectivity index (χ0v) is 12.8. The molecular weight excluding hydrogens is 226 g/mol. The average Bonchev–Trinajstić information content (AvgIpc) is 2.87. The van der Waals surface area contributed by atoms with Gasteiger partial charge in [0.15, 0.2) is 0 Å². The molecule has 1 saturated heterocycles. The highest BCUT2D eigenvalue weighted by molar-refractivity contribution is 5.68. The van der Waals surface area contributed by atoms with Crippen molar-refractivity contribution in [3.8, 4) is 0 Å². The fourth-order valence-corrected chi connectivity index (χ4v) is 1.87. The molecule has 0 radical (unpaired) electrons. The Hall–Kier alpha value is -0.990. The normalized spacial score (nSPS) is 23.8. The van der Waals surface area contributed by atoms with Crippen LogP contribution in [0.5, 0.6) is 0 Å². The zero-order valence-electron chi connectivity index (χ0n) is 12.8. The lowest BCUT2D eigenvalue weighted by atomic mass is 10.2. The summed E-state index contributed by atoms with van der Waals surface area (Å²) in [4.78, 5) is 13.4. The summed E-state index contributed by atoms with van der Waals surface area (Å²) in [6.45, 7) is 16.8. The fraction of sp³-hybridized carbons (Fsp3) is 0.800. The van der Waals surface area contributed by atoms with Crippen molar-refractivity contribution in [2.75, 3.05) is 13.1 Å². The minimum absolute atomic E-state index is 0.139.